The van der Waals surface area contributed by atoms with E-state index < -0.39 is 10.8 Å². The van der Waals surface area contributed by atoms with Crippen LogP contribution in [-0.2, 0) is 10.8 Å². The van der Waals surface area contributed by atoms with Crippen molar-refractivity contribution >= 4 is 42.7 Å². The summed E-state index contributed by atoms with van der Waals surface area (Å²) >= 11 is 1.93. The number of hydrogen-bond acceptors (Lipinski definition) is 1. The van der Waals surface area contributed by atoms with E-state index in [0.29, 0.717) is 0 Å². The molecule has 2 spiro atoms. The fourth-order valence-electron chi connectivity index (χ4n) is 12.8. The van der Waals surface area contributed by atoms with Crippen molar-refractivity contribution in [2.45, 2.75) is 44.4 Å². The van der Waals surface area contributed by atoms with Gasteiger partial charge in [0.1, 0.15) is 0 Å². The van der Waals surface area contributed by atoms with E-state index in [1.54, 1.807) is 0 Å². The van der Waals surface area contributed by atoms with Gasteiger partial charge in [0.2, 0.25) is 0 Å². The van der Waals surface area contributed by atoms with Crippen molar-refractivity contribution in [2.75, 3.05) is 0 Å². The normalized spacial score (nSPS) is 16.0. The Morgan fingerprint density at radius 3 is 1.69 bits per heavy atom. The minimum absolute atomic E-state index is 0.217. The van der Waals surface area contributed by atoms with Gasteiger partial charge < -0.3 is 0 Å². The molecule has 3 aliphatic rings. The lowest BCUT2D eigenvalue weighted by Crippen LogP contribution is -2.44. The Morgan fingerprint density at radius 2 is 1.07 bits per heavy atom. The lowest BCUT2D eigenvalue weighted by Gasteiger charge is -2.50. The lowest BCUT2D eigenvalue weighted by molar-refractivity contribution is 0.627. The molecule has 0 amide bonds. The summed E-state index contributed by atoms with van der Waals surface area (Å²) in [6, 6.07) is 70.7. The van der Waals surface area contributed by atoms with Crippen LogP contribution in [-0.4, -0.2) is 0 Å². The van der Waals surface area contributed by atoms with Gasteiger partial charge in [-0.3, -0.25) is 0 Å². The predicted octanol–water partition coefficient (Wildman–Crippen LogP) is 19.1. The number of hydrogen-bond donors (Lipinski definition) is 0. The van der Waals surface area contributed by atoms with Gasteiger partial charge in [0.15, 0.2) is 0 Å². The van der Waals surface area contributed by atoms with E-state index in [0.717, 1.165) is 0 Å². The summed E-state index contributed by atoms with van der Waals surface area (Å²) in [6.45, 7) is 17.4. The third-order valence-corrected chi connectivity index (χ3v) is 17.2. The zero-order valence-electron chi connectivity index (χ0n) is 41.4. The average molecular weight is 941 g/mol. The average Bonchev–Trinajstić information content (AvgIpc) is 4.04. The van der Waals surface area contributed by atoms with Crippen LogP contribution >= 0.6 is 11.3 Å². The van der Waals surface area contributed by atoms with Crippen LogP contribution in [0.3, 0.4) is 0 Å². The monoisotopic (exact) mass is 940 g/mol. The zero-order chi connectivity index (χ0) is 49.1. The maximum atomic E-state index is 4.15. The van der Waals surface area contributed by atoms with Crippen LogP contribution in [0.25, 0.3) is 53.6 Å². The number of allylic oxidation sites excluding steroid dienone is 14. The second kappa shape index (κ2) is 17.9. The Morgan fingerprint density at radius 1 is 0.514 bits per heavy atom. The summed E-state index contributed by atoms with van der Waals surface area (Å²) in [5, 5.41) is 2.62. The Hall–Kier alpha value is -8.10. The van der Waals surface area contributed by atoms with Crippen LogP contribution in [0, 0.1) is 0 Å². The molecule has 0 nitrogen and oxygen atoms in total. The SMILES string of the molecule is C=C/C=C\C1=C(C)C(C)=C(/C=C\C=C)C12c1ccccc1C1(c3ccccc32)c2ccc3c(sc4ccccc43)c2-c2cccc(-c3ccc(C(/C=C(\C)c4ccccc4)=C/C(C)c4ccccc4)cc3)c21. The first-order chi connectivity index (χ1) is 35.3. The Balaban J connectivity index is 1.14. The van der Waals surface area contributed by atoms with E-state index in [2.05, 4.69) is 265 Å². The summed E-state index contributed by atoms with van der Waals surface area (Å²) in [4.78, 5) is 0. The van der Waals surface area contributed by atoms with Gasteiger partial charge in [0.25, 0.3) is 0 Å². The molecule has 12 rings (SSSR count). The number of fused-ring (bicyclic) bond motifs is 15. The van der Waals surface area contributed by atoms with Gasteiger partial charge in [-0.1, -0.05) is 251 Å². The first kappa shape index (κ1) is 45.1. The molecule has 0 aliphatic heterocycles. The van der Waals surface area contributed by atoms with Crippen molar-refractivity contribution in [3.05, 3.63) is 322 Å². The van der Waals surface area contributed by atoms with Gasteiger partial charge in [-0.05, 0) is 133 Å². The molecule has 1 aromatic heterocycles. The molecule has 346 valence electrons. The molecule has 1 heterocycles. The Kier molecular flexibility index (Phi) is 11.2. The molecule has 0 fully saturated rings. The fraction of sp³-hybridized carbons (Fsp3) is 0.0986. The first-order valence-electron chi connectivity index (χ1n) is 25.2. The summed E-state index contributed by atoms with van der Waals surface area (Å²) in [6.07, 6.45) is 17.5. The Bertz CT molecular complexity index is 3770. The highest BCUT2D eigenvalue weighted by Gasteiger charge is 2.59. The quantitative estimate of drug-likeness (QED) is 0.120. The zero-order valence-corrected chi connectivity index (χ0v) is 42.2. The van der Waals surface area contributed by atoms with Gasteiger partial charge in [-0.15, -0.1) is 11.3 Å². The van der Waals surface area contributed by atoms with Gasteiger partial charge in [-0.2, -0.15) is 0 Å². The minimum atomic E-state index is -0.667. The van der Waals surface area contributed by atoms with Crippen molar-refractivity contribution < 1.29 is 0 Å². The topological polar surface area (TPSA) is 0 Å². The molecule has 1 atom stereocenters. The minimum Gasteiger partial charge on any atom is -0.135 e. The second-order valence-corrected chi connectivity index (χ2v) is 20.7. The van der Waals surface area contributed by atoms with Gasteiger partial charge in [0.05, 0.1) is 10.8 Å². The number of thiophene rings is 1. The third-order valence-electron chi connectivity index (χ3n) is 16.0. The van der Waals surface area contributed by atoms with E-state index in [-0.39, 0.29) is 5.92 Å². The molecule has 1 heteroatoms. The molecule has 0 bridgehead atoms. The van der Waals surface area contributed by atoms with E-state index in [1.807, 2.05) is 23.5 Å². The number of rotatable bonds is 10. The van der Waals surface area contributed by atoms with Gasteiger partial charge >= 0.3 is 0 Å². The van der Waals surface area contributed by atoms with Crippen LogP contribution in [0.2, 0.25) is 0 Å². The van der Waals surface area contributed by atoms with Crippen LogP contribution in [0.15, 0.2) is 272 Å². The summed E-state index contributed by atoms with van der Waals surface area (Å²) in [7, 11) is 0. The summed E-state index contributed by atoms with van der Waals surface area (Å²) in [5.41, 5.74) is 23.0. The van der Waals surface area contributed by atoms with E-state index in [9.17, 15) is 0 Å². The smallest absolute Gasteiger partial charge is 0.0726 e. The first-order valence-corrected chi connectivity index (χ1v) is 26.0. The maximum absolute atomic E-state index is 4.15. The van der Waals surface area contributed by atoms with E-state index in [1.165, 1.54) is 126 Å². The second-order valence-electron chi connectivity index (χ2n) is 19.6. The third kappa shape index (κ3) is 6.64. The highest BCUT2D eigenvalue weighted by atomic mass is 32.1. The predicted molar refractivity (Wildman–Crippen MR) is 310 cm³/mol. The van der Waals surface area contributed by atoms with Gasteiger partial charge in [0, 0.05) is 25.7 Å². The molecule has 0 saturated heterocycles. The van der Waals surface area contributed by atoms with Crippen molar-refractivity contribution in [1.29, 1.82) is 0 Å². The van der Waals surface area contributed by atoms with Crippen molar-refractivity contribution in [1.82, 2.24) is 0 Å². The summed E-state index contributed by atoms with van der Waals surface area (Å²) in [5.74, 6) is 0.217. The lowest BCUT2D eigenvalue weighted by atomic mass is 9.51. The molecule has 72 heavy (non-hydrogen) atoms. The molecule has 0 radical (unpaired) electrons. The van der Waals surface area contributed by atoms with E-state index >= 15 is 0 Å². The number of benzene rings is 8. The maximum Gasteiger partial charge on any atom is 0.0726 e. The molecular weight excluding hydrogens is 885 g/mol. The molecule has 3 aliphatic carbocycles. The standard InChI is InChI=1S/C71H56S/c1-7-9-31-59-48(5)49(6)60(32-10-8-2)70(59)61-33-18-20-35-63(61)71(64-36-21-19-34-62(64)70)65-43-42-57-56-28-17-22-37-66(56)72-69(57)67(65)58-30-23-29-55(68(58)71)53-40-38-52(39-41-53)54(44-46(3)50-24-13-11-14-25-50)45-47(4)51-26-15-12-16-27-51/h7-46H,1-2H2,3-6H3/b31-9-,32-10-,47-45+,54-44+. The highest BCUT2D eigenvalue weighted by Crippen LogP contribution is 2.69. The van der Waals surface area contributed by atoms with Crippen LogP contribution < -0.4 is 0 Å². The van der Waals surface area contributed by atoms with Crippen LogP contribution in [0.1, 0.15) is 83.7 Å². The molecule has 8 aromatic carbocycles. The van der Waals surface area contributed by atoms with Crippen molar-refractivity contribution in [3.8, 4) is 22.3 Å². The van der Waals surface area contributed by atoms with Crippen molar-refractivity contribution in [2.24, 2.45) is 0 Å². The molecule has 9 aromatic rings. The largest absolute Gasteiger partial charge is 0.135 e. The molecule has 0 saturated carbocycles. The van der Waals surface area contributed by atoms with Crippen LogP contribution in [0.4, 0.5) is 0 Å². The highest BCUT2D eigenvalue weighted by molar-refractivity contribution is 7.26. The van der Waals surface area contributed by atoms with Crippen molar-refractivity contribution in [3.63, 3.8) is 0 Å². The molecule has 1 unspecified atom stereocenters. The summed E-state index contributed by atoms with van der Waals surface area (Å²) < 4.78 is 2.65. The van der Waals surface area contributed by atoms with Gasteiger partial charge in [-0.25, -0.2) is 0 Å². The Labute approximate surface area is 429 Å². The fourth-order valence-corrected chi connectivity index (χ4v) is 14.0. The molecule has 0 N–H and O–H groups in total. The molecular formula is C71H56S. The van der Waals surface area contributed by atoms with E-state index in [4.69, 9.17) is 0 Å². The van der Waals surface area contributed by atoms with Crippen LogP contribution in [0.5, 0.6) is 0 Å².